The first-order valence-electron chi connectivity index (χ1n) is 5.06. The molecule has 0 aromatic rings. The van der Waals surface area contributed by atoms with Gasteiger partial charge in [0, 0.05) is 19.5 Å². The van der Waals surface area contributed by atoms with Gasteiger partial charge in [0.25, 0.3) is 0 Å². The molecular formula is C9H13F3N2O3. The second kappa shape index (κ2) is 5.85. The lowest BCUT2D eigenvalue weighted by Gasteiger charge is -2.18. The third kappa shape index (κ3) is 4.59. The first-order chi connectivity index (χ1) is 7.93. The van der Waals surface area contributed by atoms with E-state index in [0.717, 1.165) is 10.8 Å². The van der Waals surface area contributed by atoms with Crippen LogP contribution < -0.4 is 0 Å². The maximum absolute atomic E-state index is 12.0. The molecule has 1 heterocycles. The lowest BCUT2D eigenvalue weighted by Crippen LogP contribution is -2.35. The molecule has 0 aromatic heterocycles. The molecule has 5 nitrogen and oxygen atoms in total. The average molecular weight is 254 g/mol. The second-order valence-corrected chi connectivity index (χ2v) is 3.50. The molecule has 0 spiro atoms. The first-order valence-corrected chi connectivity index (χ1v) is 5.06. The topological polar surface area (TPSA) is 51.1 Å². The number of alkyl halides is 3. The molecule has 8 heteroatoms. The highest BCUT2D eigenvalue weighted by Crippen LogP contribution is 2.18. The van der Waals surface area contributed by atoms with E-state index < -0.39 is 12.1 Å². The fourth-order valence-electron chi connectivity index (χ4n) is 1.43. The van der Waals surface area contributed by atoms with E-state index in [-0.39, 0.29) is 13.1 Å². The van der Waals surface area contributed by atoms with Crippen molar-refractivity contribution in [2.45, 2.75) is 25.4 Å². The van der Waals surface area contributed by atoms with Gasteiger partial charge >= 0.3 is 12.1 Å². The minimum atomic E-state index is -4.96. The number of hydroxylamine groups is 2. The average Bonchev–Trinajstić information content (AvgIpc) is 2.43. The van der Waals surface area contributed by atoms with Gasteiger partial charge in [-0.2, -0.15) is 13.2 Å². The lowest BCUT2D eigenvalue weighted by atomic mass is 10.2. The zero-order valence-corrected chi connectivity index (χ0v) is 9.29. The van der Waals surface area contributed by atoms with E-state index >= 15 is 0 Å². The fraction of sp³-hybridized carbons (Fsp3) is 0.778. The number of rotatable bonds is 2. The second-order valence-electron chi connectivity index (χ2n) is 3.50. The summed E-state index contributed by atoms with van der Waals surface area (Å²) >= 11 is 0. The standard InChI is InChI=1S/C9H13F3N2O3/c1-16-13-7-3-2-5-14(6-4-7)17-8(15)9(10,11)12/h2-6H2,1H3/b13-7-. The largest absolute Gasteiger partial charge is 0.492 e. The van der Waals surface area contributed by atoms with Crippen molar-refractivity contribution in [3.8, 4) is 0 Å². The molecule has 0 N–H and O–H groups in total. The zero-order valence-electron chi connectivity index (χ0n) is 9.29. The number of hydrogen-bond donors (Lipinski definition) is 0. The van der Waals surface area contributed by atoms with Gasteiger partial charge in [-0.05, 0) is 12.8 Å². The fourth-order valence-corrected chi connectivity index (χ4v) is 1.43. The number of nitrogens with zero attached hydrogens (tertiary/aromatic N) is 2. The summed E-state index contributed by atoms with van der Waals surface area (Å²) in [5.41, 5.74) is 0.748. The number of hydrogen-bond acceptors (Lipinski definition) is 5. The molecule has 1 saturated heterocycles. The van der Waals surface area contributed by atoms with Gasteiger partial charge in [-0.15, -0.1) is 5.06 Å². The zero-order chi connectivity index (χ0) is 12.9. The van der Waals surface area contributed by atoms with Crippen molar-refractivity contribution < 1.29 is 27.6 Å². The molecule has 1 aliphatic heterocycles. The quantitative estimate of drug-likeness (QED) is 0.701. The van der Waals surface area contributed by atoms with Crippen molar-refractivity contribution >= 4 is 11.7 Å². The highest BCUT2D eigenvalue weighted by Gasteiger charge is 2.42. The molecule has 0 atom stereocenters. The highest BCUT2D eigenvalue weighted by atomic mass is 19.4. The Bertz CT molecular complexity index is 304. The molecule has 0 aliphatic carbocycles. The van der Waals surface area contributed by atoms with Gasteiger partial charge in [-0.1, -0.05) is 5.16 Å². The van der Waals surface area contributed by atoms with Crippen LogP contribution in [0.15, 0.2) is 5.16 Å². The molecule has 1 rings (SSSR count). The molecule has 0 saturated carbocycles. The van der Waals surface area contributed by atoms with E-state index in [1.54, 1.807) is 0 Å². The maximum atomic E-state index is 12.0. The van der Waals surface area contributed by atoms with Crippen molar-refractivity contribution in [2.75, 3.05) is 20.2 Å². The number of halogens is 3. The summed E-state index contributed by atoms with van der Waals surface area (Å²) in [4.78, 5) is 19.4. The monoisotopic (exact) mass is 254 g/mol. The van der Waals surface area contributed by atoms with Crippen LogP contribution in [0.5, 0.6) is 0 Å². The minimum absolute atomic E-state index is 0.185. The Morgan fingerprint density at radius 3 is 2.65 bits per heavy atom. The summed E-state index contributed by atoms with van der Waals surface area (Å²) in [7, 11) is 1.40. The van der Waals surface area contributed by atoms with Crippen LogP contribution in [0, 0.1) is 0 Å². The van der Waals surface area contributed by atoms with Gasteiger partial charge in [0.15, 0.2) is 0 Å². The van der Waals surface area contributed by atoms with Crippen LogP contribution in [0.25, 0.3) is 0 Å². The number of carbonyl (C=O) groups excluding carboxylic acids is 1. The summed E-state index contributed by atoms with van der Waals surface area (Å²) in [6.45, 7) is 0.439. The van der Waals surface area contributed by atoms with Crippen LogP contribution in [-0.4, -0.2) is 43.1 Å². The predicted molar refractivity (Wildman–Crippen MR) is 52.0 cm³/mol. The van der Waals surface area contributed by atoms with Crippen molar-refractivity contribution in [1.82, 2.24) is 5.06 Å². The van der Waals surface area contributed by atoms with Gasteiger partial charge in [-0.25, -0.2) is 4.79 Å². The van der Waals surface area contributed by atoms with Gasteiger partial charge < -0.3 is 9.68 Å². The molecule has 98 valence electrons. The highest BCUT2D eigenvalue weighted by molar-refractivity contribution is 5.84. The molecule has 17 heavy (non-hydrogen) atoms. The van der Waals surface area contributed by atoms with Gasteiger partial charge in [-0.3, -0.25) is 0 Å². The van der Waals surface area contributed by atoms with E-state index in [4.69, 9.17) is 0 Å². The third-order valence-electron chi connectivity index (χ3n) is 2.19. The number of carbonyl (C=O) groups is 1. The van der Waals surface area contributed by atoms with Crippen LogP contribution in [-0.2, 0) is 14.5 Å². The summed E-state index contributed by atoms with van der Waals surface area (Å²) in [6, 6.07) is 0. The molecule has 0 amide bonds. The van der Waals surface area contributed by atoms with Gasteiger partial charge in [0.2, 0.25) is 0 Å². The van der Waals surface area contributed by atoms with E-state index in [2.05, 4.69) is 14.8 Å². The molecule has 0 bridgehead atoms. The Kier molecular flexibility index (Phi) is 4.73. The Labute approximate surface area is 96.1 Å². The third-order valence-corrected chi connectivity index (χ3v) is 2.19. The van der Waals surface area contributed by atoms with Crippen LogP contribution in [0.1, 0.15) is 19.3 Å². The van der Waals surface area contributed by atoms with Crippen LogP contribution in [0.2, 0.25) is 0 Å². The van der Waals surface area contributed by atoms with E-state index in [1.807, 2.05) is 0 Å². The van der Waals surface area contributed by atoms with Crippen LogP contribution in [0.4, 0.5) is 13.2 Å². The van der Waals surface area contributed by atoms with Crippen molar-refractivity contribution in [3.05, 3.63) is 0 Å². The Morgan fingerprint density at radius 1 is 1.35 bits per heavy atom. The Morgan fingerprint density at radius 2 is 2.06 bits per heavy atom. The Balaban J connectivity index is 2.47. The van der Waals surface area contributed by atoms with Gasteiger partial charge in [0.05, 0.1) is 5.71 Å². The lowest BCUT2D eigenvalue weighted by molar-refractivity contribution is -0.238. The van der Waals surface area contributed by atoms with E-state index in [9.17, 15) is 18.0 Å². The molecule has 1 fully saturated rings. The molecule has 0 unspecified atom stereocenters. The predicted octanol–water partition coefficient (Wildman–Crippen LogP) is 1.50. The van der Waals surface area contributed by atoms with E-state index in [1.165, 1.54) is 7.11 Å². The number of oxime groups is 1. The Hall–Kier alpha value is -1.31. The summed E-state index contributed by atoms with van der Waals surface area (Å²) in [5, 5.41) is 4.74. The smallest absolute Gasteiger partial charge is 0.399 e. The van der Waals surface area contributed by atoms with Crippen molar-refractivity contribution in [2.24, 2.45) is 5.16 Å². The van der Waals surface area contributed by atoms with Gasteiger partial charge in [0.1, 0.15) is 7.11 Å². The maximum Gasteiger partial charge on any atom is 0.492 e. The molecular weight excluding hydrogens is 241 g/mol. The summed E-state index contributed by atoms with van der Waals surface area (Å²) in [5.74, 6) is -2.19. The normalized spacial score (nSPS) is 21.1. The molecule has 1 aliphatic rings. The van der Waals surface area contributed by atoms with Crippen LogP contribution >= 0.6 is 0 Å². The van der Waals surface area contributed by atoms with Crippen LogP contribution in [0.3, 0.4) is 0 Å². The summed E-state index contributed by atoms with van der Waals surface area (Å²) in [6.07, 6.45) is -3.37. The summed E-state index contributed by atoms with van der Waals surface area (Å²) < 4.78 is 35.9. The molecule has 0 aromatic carbocycles. The SMILES string of the molecule is CO/N=C1/CCCN(OC(=O)C(F)(F)F)CC1. The molecule has 0 radical (unpaired) electrons. The van der Waals surface area contributed by atoms with Crippen molar-refractivity contribution in [1.29, 1.82) is 0 Å². The first kappa shape index (κ1) is 13.8. The van der Waals surface area contributed by atoms with Crippen molar-refractivity contribution in [3.63, 3.8) is 0 Å². The van der Waals surface area contributed by atoms with E-state index in [0.29, 0.717) is 19.3 Å². The minimum Gasteiger partial charge on any atom is -0.399 e.